The van der Waals surface area contributed by atoms with Gasteiger partial charge in [0.1, 0.15) is 10.7 Å². The van der Waals surface area contributed by atoms with Gasteiger partial charge in [-0.1, -0.05) is 32.9 Å². The Morgan fingerprint density at radius 1 is 1.11 bits per heavy atom. The molecule has 2 aliphatic rings. The Balaban J connectivity index is 1.37. The lowest BCUT2D eigenvalue weighted by molar-refractivity contribution is -0.402. The van der Waals surface area contributed by atoms with Crippen LogP contribution >= 0.6 is 0 Å². The Hall–Kier alpha value is -2.34. The highest BCUT2D eigenvalue weighted by molar-refractivity contribution is 5.51. The summed E-state index contributed by atoms with van der Waals surface area (Å²) in [6.45, 7) is 11.6. The number of nitrogens with zero attached hydrogens (tertiary/aromatic N) is 3. The summed E-state index contributed by atoms with van der Waals surface area (Å²) >= 11 is 0. The van der Waals surface area contributed by atoms with Crippen LogP contribution in [-0.4, -0.2) is 36.0 Å². The van der Waals surface area contributed by atoms with Crippen LogP contribution in [0, 0.1) is 22.0 Å². The molecule has 0 bridgehead atoms. The minimum atomic E-state index is -0.480. The number of benzene rings is 1. The number of rotatable bonds is 4. The maximum absolute atomic E-state index is 10.8. The van der Waals surface area contributed by atoms with Crippen molar-refractivity contribution in [2.45, 2.75) is 32.7 Å². The van der Waals surface area contributed by atoms with Crippen LogP contribution < -0.4 is 4.90 Å². The number of likely N-dealkylation sites (tertiary alicyclic amines) is 1. The highest BCUT2D eigenvalue weighted by atomic mass is 16.6. The first-order chi connectivity index (χ1) is 12.8. The lowest BCUT2D eigenvalue weighted by Gasteiger charge is -2.25. The van der Waals surface area contributed by atoms with Gasteiger partial charge in [0, 0.05) is 31.9 Å². The lowest BCUT2D eigenvalue weighted by atomic mass is 9.87. The number of hydrogen-bond donors (Lipinski definition) is 0. The third-order valence-corrected chi connectivity index (χ3v) is 5.85. The maximum atomic E-state index is 10.8. The average Bonchev–Trinajstić information content (AvgIpc) is 3.29. The van der Waals surface area contributed by atoms with Crippen molar-refractivity contribution in [3.05, 3.63) is 57.8 Å². The number of hydrogen-bond acceptors (Lipinski definition) is 5. The molecule has 144 valence electrons. The monoisotopic (exact) mass is 369 g/mol. The van der Waals surface area contributed by atoms with Crippen molar-refractivity contribution in [1.82, 2.24) is 4.90 Å². The van der Waals surface area contributed by atoms with Crippen molar-refractivity contribution in [2.24, 2.45) is 11.8 Å². The minimum absolute atomic E-state index is 0.161. The molecule has 0 spiro atoms. The molecule has 27 heavy (non-hydrogen) atoms. The Morgan fingerprint density at radius 2 is 1.81 bits per heavy atom. The first-order valence-electron chi connectivity index (χ1n) is 9.60. The summed E-state index contributed by atoms with van der Waals surface area (Å²) in [6, 6.07) is 12.1. The Morgan fingerprint density at radius 3 is 2.41 bits per heavy atom. The molecule has 3 heterocycles. The standard InChI is InChI=1S/C21H27N3O3/c1-21(2,3)17-5-4-6-18(9-17)23-12-15-10-22(11-16(15)13-23)14-19-7-8-20(27-19)24(25)26/h4-9,15-16H,10-14H2,1-3H3. The van der Waals surface area contributed by atoms with Gasteiger partial charge in [-0.3, -0.25) is 15.0 Å². The fraction of sp³-hybridized carbons (Fsp3) is 0.524. The first kappa shape index (κ1) is 18.0. The van der Waals surface area contributed by atoms with Gasteiger partial charge in [0.05, 0.1) is 12.6 Å². The quantitative estimate of drug-likeness (QED) is 0.601. The van der Waals surface area contributed by atoms with E-state index >= 15 is 0 Å². The number of anilines is 1. The molecule has 2 unspecified atom stereocenters. The van der Waals surface area contributed by atoms with Crippen LogP contribution in [0.25, 0.3) is 0 Å². The van der Waals surface area contributed by atoms with Crippen LogP contribution in [0.15, 0.2) is 40.8 Å². The van der Waals surface area contributed by atoms with E-state index in [2.05, 4.69) is 54.8 Å². The van der Waals surface area contributed by atoms with Crippen molar-refractivity contribution in [1.29, 1.82) is 0 Å². The van der Waals surface area contributed by atoms with Crippen LogP contribution in [-0.2, 0) is 12.0 Å². The molecule has 0 aliphatic carbocycles. The summed E-state index contributed by atoms with van der Waals surface area (Å²) in [5.41, 5.74) is 2.86. The molecule has 6 nitrogen and oxygen atoms in total. The molecule has 2 saturated heterocycles. The van der Waals surface area contributed by atoms with Crippen molar-refractivity contribution < 1.29 is 9.34 Å². The molecule has 1 aromatic carbocycles. The molecule has 6 heteroatoms. The number of nitro groups is 1. The second kappa shape index (κ2) is 6.68. The lowest BCUT2D eigenvalue weighted by Crippen LogP contribution is -2.28. The van der Waals surface area contributed by atoms with Gasteiger partial charge < -0.3 is 9.32 Å². The predicted octanol–water partition coefficient (Wildman–Crippen LogP) is 4.05. The smallest absolute Gasteiger partial charge is 0.404 e. The van der Waals surface area contributed by atoms with E-state index < -0.39 is 4.92 Å². The van der Waals surface area contributed by atoms with Crippen LogP contribution in [0.1, 0.15) is 32.1 Å². The zero-order valence-electron chi connectivity index (χ0n) is 16.2. The largest absolute Gasteiger partial charge is 0.433 e. The van der Waals surface area contributed by atoms with Crippen LogP contribution in [0.5, 0.6) is 0 Å². The Kier molecular flexibility index (Phi) is 4.46. The van der Waals surface area contributed by atoms with Gasteiger partial charge >= 0.3 is 5.88 Å². The summed E-state index contributed by atoms with van der Waals surface area (Å²) in [7, 11) is 0. The zero-order valence-corrected chi connectivity index (χ0v) is 16.2. The molecule has 2 fully saturated rings. The summed E-state index contributed by atoms with van der Waals surface area (Å²) in [5.74, 6) is 1.80. The summed E-state index contributed by atoms with van der Waals surface area (Å²) < 4.78 is 5.31. The molecule has 2 aliphatic heterocycles. The van der Waals surface area contributed by atoms with Gasteiger partial charge in [-0.2, -0.15) is 0 Å². The molecular weight excluding hydrogens is 342 g/mol. The molecule has 4 rings (SSSR count). The normalized spacial score (nSPS) is 23.0. The molecule has 2 atom stereocenters. The highest BCUT2D eigenvalue weighted by Gasteiger charge is 2.40. The fourth-order valence-corrected chi connectivity index (χ4v) is 4.37. The predicted molar refractivity (Wildman–Crippen MR) is 105 cm³/mol. The molecule has 0 radical (unpaired) electrons. The van der Waals surface area contributed by atoms with E-state index in [1.807, 2.05) is 0 Å². The van der Waals surface area contributed by atoms with Gasteiger partial charge in [-0.05, 0) is 41.0 Å². The average molecular weight is 369 g/mol. The molecular formula is C21H27N3O3. The number of furan rings is 1. The van der Waals surface area contributed by atoms with E-state index in [1.54, 1.807) is 6.07 Å². The highest BCUT2D eigenvalue weighted by Crippen LogP contribution is 2.36. The van der Waals surface area contributed by atoms with E-state index in [0.717, 1.165) is 26.2 Å². The fourth-order valence-electron chi connectivity index (χ4n) is 4.37. The molecule has 2 aromatic rings. The molecule has 0 amide bonds. The van der Waals surface area contributed by atoms with Crippen molar-refractivity contribution >= 4 is 11.6 Å². The summed E-state index contributed by atoms with van der Waals surface area (Å²) in [6.07, 6.45) is 0. The van der Waals surface area contributed by atoms with Crippen LogP contribution in [0.2, 0.25) is 0 Å². The van der Waals surface area contributed by atoms with E-state index in [4.69, 9.17) is 4.42 Å². The van der Waals surface area contributed by atoms with Crippen molar-refractivity contribution in [3.8, 4) is 0 Å². The van der Waals surface area contributed by atoms with E-state index in [0.29, 0.717) is 24.1 Å². The van der Waals surface area contributed by atoms with E-state index in [9.17, 15) is 10.1 Å². The van der Waals surface area contributed by atoms with Gasteiger partial charge in [0.2, 0.25) is 0 Å². The van der Waals surface area contributed by atoms with Crippen molar-refractivity contribution in [3.63, 3.8) is 0 Å². The Labute approximate surface area is 159 Å². The van der Waals surface area contributed by atoms with Crippen LogP contribution in [0.3, 0.4) is 0 Å². The first-order valence-corrected chi connectivity index (χ1v) is 9.60. The molecule has 1 aromatic heterocycles. The van der Waals surface area contributed by atoms with Gasteiger partial charge in [-0.15, -0.1) is 0 Å². The summed E-state index contributed by atoms with van der Waals surface area (Å²) in [5, 5.41) is 10.8. The van der Waals surface area contributed by atoms with Gasteiger partial charge in [0.25, 0.3) is 0 Å². The van der Waals surface area contributed by atoms with Crippen LogP contribution in [0.4, 0.5) is 11.6 Å². The SMILES string of the molecule is CC(C)(C)c1cccc(N2CC3CN(Cc4ccc([N+](=O)[O-])o4)CC3C2)c1. The minimum Gasteiger partial charge on any atom is -0.404 e. The topological polar surface area (TPSA) is 62.8 Å². The molecule has 0 saturated carbocycles. The third-order valence-electron chi connectivity index (χ3n) is 5.85. The van der Waals surface area contributed by atoms with Gasteiger partial charge in [-0.25, -0.2) is 0 Å². The zero-order chi connectivity index (χ0) is 19.2. The second-order valence-corrected chi connectivity index (χ2v) is 8.92. The Bertz CT molecular complexity index is 825. The summed E-state index contributed by atoms with van der Waals surface area (Å²) in [4.78, 5) is 15.2. The third kappa shape index (κ3) is 3.72. The number of fused-ring (bicyclic) bond motifs is 1. The van der Waals surface area contributed by atoms with Crippen molar-refractivity contribution in [2.75, 3.05) is 31.1 Å². The van der Waals surface area contributed by atoms with Gasteiger partial charge in [0.15, 0.2) is 0 Å². The molecule has 0 N–H and O–H groups in total. The second-order valence-electron chi connectivity index (χ2n) is 8.92. The van der Waals surface area contributed by atoms with E-state index in [1.165, 1.54) is 17.3 Å². The maximum Gasteiger partial charge on any atom is 0.433 e. The van der Waals surface area contributed by atoms with E-state index in [-0.39, 0.29) is 11.3 Å².